The van der Waals surface area contributed by atoms with Gasteiger partial charge in [0.25, 0.3) is 0 Å². The summed E-state index contributed by atoms with van der Waals surface area (Å²) in [6.07, 6.45) is 3.26. The van der Waals surface area contributed by atoms with E-state index in [-0.39, 0.29) is 6.54 Å². The van der Waals surface area contributed by atoms with Crippen LogP contribution in [0.3, 0.4) is 0 Å². The van der Waals surface area contributed by atoms with E-state index in [4.69, 9.17) is 14.6 Å². The van der Waals surface area contributed by atoms with Crippen molar-refractivity contribution >= 4 is 5.97 Å². The molecule has 0 bridgehead atoms. The summed E-state index contributed by atoms with van der Waals surface area (Å²) >= 11 is 0. The van der Waals surface area contributed by atoms with Crippen LogP contribution >= 0.6 is 0 Å². The van der Waals surface area contributed by atoms with E-state index in [1.165, 1.54) is 4.68 Å². The topological polar surface area (TPSA) is 73.6 Å². The van der Waals surface area contributed by atoms with Crippen molar-refractivity contribution in [2.24, 2.45) is 0 Å². The molecule has 0 saturated heterocycles. The number of methoxy groups -OCH3 is 2. The number of rotatable bonds is 5. The summed E-state index contributed by atoms with van der Waals surface area (Å²) in [5.74, 6) is 0.435. The molecule has 1 heterocycles. The summed E-state index contributed by atoms with van der Waals surface area (Å²) in [7, 11) is 3.16. The van der Waals surface area contributed by atoms with Crippen molar-refractivity contribution in [2.45, 2.75) is 6.54 Å². The molecule has 0 amide bonds. The van der Waals surface area contributed by atoms with Crippen LogP contribution in [0.1, 0.15) is 0 Å². The van der Waals surface area contributed by atoms with Gasteiger partial charge in [0.1, 0.15) is 18.0 Å². The lowest BCUT2D eigenvalue weighted by Crippen LogP contribution is -2.08. The number of aliphatic carboxylic acids is 1. The minimum atomic E-state index is -0.938. The molecule has 6 nitrogen and oxygen atoms in total. The van der Waals surface area contributed by atoms with Gasteiger partial charge in [-0.15, -0.1) is 0 Å². The van der Waals surface area contributed by atoms with Gasteiger partial charge in [0.15, 0.2) is 0 Å². The van der Waals surface area contributed by atoms with Gasteiger partial charge in [-0.1, -0.05) is 0 Å². The third-order valence-electron chi connectivity index (χ3n) is 2.65. The zero-order valence-corrected chi connectivity index (χ0v) is 10.7. The lowest BCUT2D eigenvalue weighted by molar-refractivity contribution is -0.137. The second-order valence-corrected chi connectivity index (χ2v) is 3.89. The monoisotopic (exact) mass is 262 g/mol. The highest BCUT2D eigenvalue weighted by Crippen LogP contribution is 2.32. The highest BCUT2D eigenvalue weighted by Gasteiger charge is 2.10. The maximum Gasteiger partial charge on any atom is 0.325 e. The number of ether oxygens (including phenoxy) is 2. The molecule has 100 valence electrons. The normalized spacial score (nSPS) is 10.2. The largest absolute Gasteiger partial charge is 0.497 e. The Hall–Kier alpha value is -2.50. The molecule has 6 heteroatoms. The minimum absolute atomic E-state index is 0.174. The Bertz CT molecular complexity index is 592. The van der Waals surface area contributed by atoms with E-state index in [0.29, 0.717) is 11.5 Å². The molecule has 0 saturated carbocycles. The molecule has 2 aromatic rings. The minimum Gasteiger partial charge on any atom is -0.497 e. The van der Waals surface area contributed by atoms with Crippen LogP contribution < -0.4 is 9.47 Å². The van der Waals surface area contributed by atoms with Crippen LogP contribution in [0.5, 0.6) is 11.5 Å². The third-order valence-corrected chi connectivity index (χ3v) is 2.65. The third kappa shape index (κ3) is 2.85. The summed E-state index contributed by atoms with van der Waals surface area (Å²) in [5, 5.41) is 12.7. The molecular formula is C13H14N2O4. The fourth-order valence-electron chi connectivity index (χ4n) is 1.77. The molecule has 0 fully saturated rings. The number of nitrogens with zero attached hydrogens (tertiary/aromatic N) is 2. The number of carbonyl (C=O) groups is 1. The maximum atomic E-state index is 10.6. The van der Waals surface area contributed by atoms with Crippen LogP contribution in [0.15, 0.2) is 30.6 Å². The van der Waals surface area contributed by atoms with Crippen molar-refractivity contribution in [3.8, 4) is 22.6 Å². The van der Waals surface area contributed by atoms with Gasteiger partial charge in [-0.05, 0) is 18.2 Å². The Morgan fingerprint density at radius 3 is 2.79 bits per heavy atom. The number of aromatic nitrogens is 2. The van der Waals surface area contributed by atoms with Crippen molar-refractivity contribution in [1.82, 2.24) is 9.78 Å². The second-order valence-electron chi connectivity index (χ2n) is 3.89. The SMILES string of the molecule is COc1ccc(OC)c(-c2cnn(CC(=O)O)c2)c1. The summed E-state index contributed by atoms with van der Waals surface area (Å²) in [6, 6.07) is 5.41. The lowest BCUT2D eigenvalue weighted by atomic mass is 10.1. The van der Waals surface area contributed by atoms with Crippen LogP contribution in [0, 0.1) is 0 Å². The molecule has 0 aliphatic rings. The highest BCUT2D eigenvalue weighted by molar-refractivity contribution is 5.71. The molecule has 0 unspecified atom stereocenters. The molecule has 0 aliphatic carbocycles. The van der Waals surface area contributed by atoms with E-state index < -0.39 is 5.97 Å². The van der Waals surface area contributed by atoms with E-state index in [1.54, 1.807) is 38.7 Å². The van der Waals surface area contributed by atoms with Gasteiger partial charge in [0.05, 0.1) is 20.4 Å². The van der Waals surface area contributed by atoms with E-state index in [2.05, 4.69) is 5.10 Å². The van der Waals surface area contributed by atoms with Crippen LogP contribution in [-0.2, 0) is 11.3 Å². The number of carboxylic acid groups (broad SMARTS) is 1. The average molecular weight is 262 g/mol. The van der Waals surface area contributed by atoms with Crippen molar-refractivity contribution in [1.29, 1.82) is 0 Å². The van der Waals surface area contributed by atoms with E-state index in [0.717, 1.165) is 11.1 Å². The van der Waals surface area contributed by atoms with Gasteiger partial charge in [-0.25, -0.2) is 0 Å². The first kappa shape index (κ1) is 12.9. The Morgan fingerprint density at radius 1 is 1.37 bits per heavy atom. The van der Waals surface area contributed by atoms with Crippen LogP contribution in [0.4, 0.5) is 0 Å². The van der Waals surface area contributed by atoms with E-state index >= 15 is 0 Å². The zero-order chi connectivity index (χ0) is 13.8. The van der Waals surface area contributed by atoms with Gasteiger partial charge in [0, 0.05) is 17.3 Å². The van der Waals surface area contributed by atoms with Gasteiger partial charge in [0.2, 0.25) is 0 Å². The molecule has 19 heavy (non-hydrogen) atoms. The average Bonchev–Trinajstić information content (AvgIpc) is 2.85. The predicted octanol–water partition coefficient (Wildman–Crippen LogP) is 1.65. The van der Waals surface area contributed by atoms with Crippen molar-refractivity contribution in [2.75, 3.05) is 14.2 Å². The number of carboxylic acids is 1. The summed E-state index contributed by atoms with van der Waals surface area (Å²) in [6.45, 7) is -0.174. The number of benzene rings is 1. The summed E-state index contributed by atoms with van der Waals surface area (Å²) in [5.41, 5.74) is 1.58. The fourth-order valence-corrected chi connectivity index (χ4v) is 1.77. The first-order valence-electron chi connectivity index (χ1n) is 5.60. The van der Waals surface area contributed by atoms with Crippen molar-refractivity contribution in [3.05, 3.63) is 30.6 Å². The predicted molar refractivity (Wildman–Crippen MR) is 68.4 cm³/mol. The summed E-state index contributed by atoms with van der Waals surface area (Å²) in [4.78, 5) is 10.6. The Labute approximate surface area is 110 Å². The van der Waals surface area contributed by atoms with Crippen molar-refractivity contribution in [3.63, 3.8) is 0 Å². The lowest BCUT2D eigenvalue weighted by Gasteiger charge is -2.08. The van der Waals surface area contributed by atoms with Gasteiger partial charge < -0.3 is 14.6 Å². The zero-order valence-electron chi connectivity index (χ0n) is 10.7. The van der Waals surface area contributed by atoms with Crippen LogP contribution in [0.2, 0.25) is 0 Å². The Kier molecular flexibility index (Phi) is 3.70. The quantitative estimate of drug-likeness (QED) is 0.886. The number of hydrogen-bond acceptors (Lipinski definition) is 4. The number of hydrogen-bond donors (Lipinski definition) is 1. The first-order valence-corrected chi connectivity index (χ1v) is 5.60. The molecule has 2 rings (SSSR count). The van der Waals surface area contributed by atoms with Crippen molar-refractivity contribution < 1.29 is 19.4 Å². The molecule has 0 atom stereocenters. The highest BCUT2D eigenvalue weighted by atomic mass is 16.5. The van der Waals surface area contributed by atoms with Gasteiger partial charge in [-0.3, -0.25) is 9.48 Å². The standard InChI is InChI=1S/C13H14N2O4/c1-18-10-3-4-12(19-2)11(5-10)9-6-14-15(7-9)8-13(16)17/h3-7H,8H2,1-2H3,(H,16,17). The molecule has 0 radical (unpaired) electrons. The van der Waals surface area contributed by atoms with E-state index in [9.17, 15) is 4.79 Å². The molecule has 0 spiro atoms. The summed E-state index contributed by atoms with van der Waals surface area (Å²) < 4.78 is 11.8. The molecule has 1 aromatic carbocycles. The van der Waals surface area contributed by atoms with Gasteiger partial charge in [-0.2, -0.15) is 5.10 Å². The first-order chi connectivity index (χ1) is 9.13. The van der Waals surface area contributed by atoms with Gasteiger partial charge >= 0.3 is 5.97 Å². The Balaban J connectivity index is 2.39. The van der Waals surface area contributed by atoms with Crippen LogP contribution in [-0.4, -0.2) is 35.1 Å². The second kappa shape index (κ2) is 5.43. The van der Waals surface area contributed by atoms with Crippen LogP contribution in [0.25, 0.3) is 11.1 Å². The maximum absolute atomic E-state index is 10.6. The molecule has 1 aromatic heterocycles. The smallest absolute Gasteiger partial charge is 0.325 e. The molecule has 0 aliphatic heterocycles. The molecular weight excluding hydrogens is 248 g/mol. The fraction of sp³-hybridized carbons (Fsp3) is 0.231. The van der Waals surface area contributed by atoms with E-state index in [1.807, 2.05) is 6.07 Å². The molecule has 1 N–H and O–H groups in total. The Morgan fingerprint density at radius 2 is 2.16 bits per heavy atom.